The van der Waals surface area contributed by atoms with Crippen LogP contribution in [0.25, 0.3) is 11.2 Å². The molecule has 0 fully saturated rings. The molecule has 3 rings (SSSR count). The highest BCUT2D eigenvalue weighted by atomic mass is 79.9. The zero-order valence-electron chi connectivity index (χ0n) is 18.5. The maximum Gasteiger partial charge on any atom is 0.296 e. The molecule has 178 valence electrons. The number of nitrogens with two attached hydrogens (primary N) is 1. The van der Waals surface area contributed by atoms with Crippen LogP contribution in [0.5, 0.6) is 0 Å². The Bertz CT molecular complexity index is 1260. The first-order valence-electron chi connectivity index (χ1n) is 10.1. The predicted octanol–water partition coefficient (Wildman–Crippen LogP) is 2.81. The first-order valence-corrected chi connectivity index (χ1v) is 12.7. The van der Waals surface area contributed by atoms with Crippen LogP contribution in [-0.2, 0) is 31.8 Å². The highest BCUT2D eigenvalue weighted by molar-refractivity contribution is 9.10. The highest BCUT2D eigenvalue weighted by Crippen LogP contribution is 2.45. The monoisotopic (exact) mass is 540 g/mol. The lowest BCUT2D eigenvalue weighted by molar-refractivity contribution is -0.121. The van der Waals surface area contributed by atoms with E-state index < -0.39 is 18.6 Å². The molecular weight excluding hydrogens is 515 g/mol. The molecule has 2 aromatic heterocycles. The second-order valence-electron chi connectivity index (χ2n) is 7.97. The molecule has 0 saturated carbocycles. The van der Waals surface area contributed by atoms with E-state index in [1.807, 2.05) is 24.3 Å². The Morgan fingerprint density at radius 1 is 1.39 bits per heavy atom. The molecule has 0 spiro atoms. The topological polar surface area (TPSA) is 154 Å². The molecule has 33 heavy (non-hydrogen) atoms. The second kappa shape index (κ2) is 10.3. The van der Waals surface area contributed by atoms with Crippen molar-refractivity contribution >= 4 is 46.3 Å². The molecule has 2 heterocycles. The van der Waals surface area contributed by atoms with Crippen LogP contribution in [0.4, 0.5) is 5.95 Å². The van der Waals surface area contributed by atoms with Crippen molar-refractivity contribution in [1.29, 1.82) is 0 Å². The quantitative estimate of drug-likeness (QED) is 0.246. The van der Waals surface area contributed by atoms with Gasteiger partial charge in [0.2, 0.25) is 5.95 Å². The van der Waals surface area contributed by atoms with Crippen molar-refractivity contribution in [3.63, 3.8) is 0 Å². The fourth-order valence-corrected chi connectivity index (χ4v) is 5.28. The largest absolute Gasteiger partial charge is 0.369 e. The van der Waals surface area contributed by atoms with Gasteiger partial charge in [-0.05, 0) is 38.5 Å². The van der Waals surface area contributed by atoms with Gasteiger partial charge >= 0.3 is 0 Å². The number of nitrogens with zero attached hydrogens (tertiary/aromatic N) is 3. The second-order valence-corrected chi connectivity index (χ2v) is 11.0. The Labute approximate surface area is 198 Å². The van der Waals surface area contributed by atoms with E-state index in [9.17, 15) is 14.2 Å². The fraction of sp³-hybridized carbons (Fsp3) is 0.400. The highest BCUT2D eigenvalue weighted by Gasteiger charge is 2.35. The van der Waals surface area contributed by atoms with Crippen LogP contribution in [0.1, 0.15) is 26.3 Å². The van der Waals surface area contributed by atoms with Crippen LogP contribution in [0.3, 0.4) is 0 Å². The van der Waals surface area contributed by atoms with Crippen molar-refractivity contribution in [2.75, 3.05) is 18.7 Å². The average Bonchev–Trinajstić information content (AvgIpc) is 3.12. The summed E-state index contributed by atoms with van der Waals surface area (Å²) in [5.74, 6) is -0.205. The van der Waals surface area contributed by atoms with E-state index in [0.29, 0.717) is 5.65 Å². The van der Waals surface area contributed by atoms with Gasteiger partial charge in [0.1, 0.15) is 12.1 Å². The molecule has 0 saturated heterocycles. The Morgan fingerprint density at radius 3 is 2.85 bits per heavy atom. The molecule has 13 heteroatoms. The maximum absolute atomic E-state index is 13.5. The SMILES string of the molecule is CC(=O)C(C)(C)NP(=O)(COCCn1cnc2c(=O)[nH]c(N)nc21)OCc1cccc(Br)c1. The van der Waals surface area contributed by atoms with Crippen molar-refractivity contribution in [3.8, 4) is 0 Å². The Balaban J connectivity index is 1.67. The number of aromatic nitrogens is 4. The number of aromatic amines is 1. The molecule has 1 aromatic carbocycles. The predicted molar refractivity (Wildman–Crippen MR) is 128 cm³/mol. The van der Waals surface area contributed by atoms with Gasteiger partial charge in [-0.1, -0.05) is 28.1 Å². The molecule has 0 aliphatic heterocycles. The van der Waals surface area contributed by atoms with Crippen molar-refractivity contribution in [2.24, 2.45) is 0 Å². The lowest BCUT2D eigenvalue weighted by atomic mass is 10.0. The van der Waals surface area contributed by atoms with Crippen LogP contribution < -0.4 is 16.4 Å². The molecular formula is C20H26BrN6O5P. The number of rotatable bonds is 11. The Morgan fingerprint density at radius 2 is 2.15 bits per heavy atom. The summed E-state index contributed by atoms with van der Waals surface area (Å²) in [6, 6.07) is 7.42. The maximum atomic E-state index is 13.5. The van der Waals surface area contributed by atoms with E-state index in [1.165, 1.54) is 13.3 Å². The smallest absolute Gasteiger partial charge is 0.296 e. The van der Waals surface area contributed by atoms with Gasteiger partial charge in [0.05, 0.1) is 25.1 Å². The first kappa shape index (κ1) is 25.3. The van der Waals surface area contributed by atoms with Crippen LogP contribution in [0.15, 0.2) is 39.9 Å². The van der Waals surface area contributed by atoms with Crippen LogP contribution in [0.2, 0.25) is 0 Å². The summed E-state index contributed by atoms with van der Waals surface area (Å²) >= 11 is 3.40. The number of carbonyl (C=O) groups excluding carboxylic acids is 1. The first-order chi connectivity index (χ1) is 15.5. The van der Waals surface area contributed by atoms with Crippen LogP contribution >= 0.6 is 23.4 Å². The number of nitrogen functional groups attached to an aromatic ring is 1. The third-order valence-electron chi connectivity index (χ3n) is 4.89. The van der Waals surface area contributed by atoms with E-state index in [4.69, 9.17) is 15.0 Å². The molecule has 0 radical (unpaired) electrons. The van der Waals surface area contributed by atoms with Gasteiger partial charge in [-0.25, -0.2) is 10.1 Å². The number of halogens is 1. The number of hydrogen-bond acceptors (Lipinski definition) is 8. The lowest BCUT2D eigenvalue weighted by Crippen LogP contribution is -2.44. The van der Waals surface area contributed by atoms with E-state index in [2.05, 4.69) is 36.0 Å². The number of ketones is 1. The zero-order valence-corrected chi connectivity index (χ0v) is 21.0. The number of anilines is 1. The van der Waals surface area contributed by atoms with Crippen LogP contribution in [0, 0.1) is 0 Å². The summed E-state index contributed by atoms with van der Waals surface area (Å²) in [6.45, 7) is 5.17. The number of hydrogen-bond donors (Lipinski definition) is 3. The minimum Gasteiger partial charge on any atom is -0.369 e. The zero-order chi connectivity index (χ0) is 24.2. The minimum absolute atomic E-state index is 0.0173. The Hall–Kier alpha value is -2.37. The molecule has 1 unspecified atom stereocenters. The van der Waals surface area contributed by atoms with E-state index in [0.717, 1.165) is 10.0 Å². The lowest BCUT2D eigenvalue weighted by Gasteiger charge is -2.29. The molecule has 11 nitrogen and oxygen atoms in total. The summed E-state index contributed by atoms with van der Waals surface area (Å²) in [5, 5.41) is 2.85. The Kier molecular flexibility index (Phi) is 7.86. The van der Waals surface area contributed by atoms with Gasteiger partial charge in [-0.15, -0.1) is 0 Å². The number of nitrogens with one attached hydrogen (secondary N) is 2. The van der Waals surface area contributed by atoms with Gasteiger partial charge in [0, 0.05) is 11.0 Å². The van der Waals surface area contributed by atoms with Gasteiger partial charge in [-0.2, -0.15) is 4.98 Å². The summed E-state index contributed by atoms with van der Waals surface area (Å²) in [7, 11) is -3.57. The fourth-order valence-electron chi connectivity index (χ4n) is 2.89. The van der Waals surface area contributed by atoms with Gasteiger partial charge in [0.25, 0.3) is 13.1 Å². The van der Waals surface area contributed by atoms with Crippen molar-refractivity contribution in [3.05, 3.63) is 51.0 Å². The number of Topliss-reactive ketones (excluding diaryl/α,β-unsaturated/α-hetero) is 1. The number of H-pyrrole nitrogens is 1. The molecule has 0 bridgehead atoms. The van der Waals surface area contributed by atoms with Crippen LogP contribution in [-0.4, -0.2) is 43.8 Å². The molecule has 0 aliphatic rings. The summed E-state index contributed by atoms with van der Waals surface area (Å²) < 4.78 is 27.4. The number of benzene rings is 1. The number of imidazole rings is 1. The number of fused-ring (bicyclic) bond motifs is 1. The van der Waals surface area contributed by atoms with Crippen molar-refractivity contribution < 1.29 is 18.6 Å². The molecule has 3 aromatic rings. The molecule has 1 atom stereocenters. The number of ether oxygens (including phenoxy) is 1. The third kappa shape index (κ3) is 6.58. The summed E-state index contributed by atoms with van der Waals surface area (Å²) in [4.78, 5) is 34.4. The van der Waals surface area contributed by atoms with Gasteiger partial charge < -0.3 is 19.6 Å². The van der Waals surface area contributed by atoms with E-state index in [1.54, 1.807) is 18.4 Å². The summed E-state index contributed by atoms with van der Waals surface area (Å²) in [6.07, 6.45) is 1.19. The third-order valence-corrected chi connectivity index (χ3v) is 7.35. The summed E-state index contributed by atoms with van der Waals surface area (Å²) in [5.41, 5.74) is 5.40. The van der Waals surface area contributed by atoms with Crippen molar-refractivity contribution in [2.45, 2.75) is 39.5 Å². The van der Waals surface area contributed by atoms with Gasteiger partial charge in [-0.3, -0.25) is 19.1 Å². The molecule has 4 N–H and O–H groups in total. The van der Waals surface area contributed by atoms with Gasteiger partial charge in [0.15, 0.2) is 11.2 Å². The van der Waals surface area contributed by atoms with Crippen molar-refractivity contribution in [1.82, 2.24) is 24.6 Å². The average molecular weight is 541 g/mol. The molecule has 0 aliphatic carbocycles. The normalized spacial score (nSPS) is 13.8. The van der Waals surface area contributed by atoms with E-state index in [-0.39, 0.29) is 43.4 Å². The standard InChI is InChI=1S/C20H26BrN6O5P/c1-13(28)20(2,3)26-33(30,32-10-14-5-4-6-15(21)9-14)12-31-8-7-27-11-23-16-17(27)24-19(22)25-18(16)29/h4-6,9,11H,7-8,10,12H2,1-3H3,(H,26,30)(H3,22,24,25,29). The minimum atomic E-state index is -3.57. The van der Waals surface area contributed by atoms with E-state index >= 15 is 0 Å². The molecule has 0 amide bonds. The number of carbonyl (C=O) groups is 1.